The smallest absolute Gasteiger partial charge is 0.100 e. The van der Waals surface area contributed by atoms with Gasteiger partial charge < -0.3 is 4.74 Å². The van der Waals surface area contributed by atoms with Gasteiger partial charge in [0.2, 0.25) is 0 Å². The summed E-state index contributed by atoms with van der Waals surface area (Å²) in [5, 5.41) is 0. The summed E-state index contributed by atoms with van der Waals surface area (Å²) in [7, 11) is 0. The lowest BCUT2D eigenvalue weighted by Crippen LogP contribution is -2.18. The molecule has 3 unspecified atom stereocenters. The summed E-state index contributed by atoms with van der Waals surface area (Å²) in [6, 6.07) is 0. The van der Waals surface area contributed by atoms with Crippen LogP contribution in [-0.2, 0) is 4.74 Å². The van der Waals surface area contributed by atoms with E-state index < -0.39 is 0 Å². The van der Waals surface area contributed by atoms with Gasteiger partial charge in [-0.2, -0.15) is 0 Å². The SMILES string of the molecule is CC1CCC23CCCC12O3. The molecule has 3 atom stereocenters. The van der Waals surface area contributed by atoms with E-state index in [4.69, 9.17) is 4.74 Å². The van der Waals surface area contributed by atoms with Crippen LogP contribution in [0.3, 0.4) is 0 Å². The van der Waals surface area contributed by atoms with Crippen molar-refractivity contribution in [3.8, 4) is 0 Å². The Bertz CT molecular complexity index is 181. The number of epoxide rings is 1. The van der Waals surface area contributed by atoms with Gasteiger partial charge in [-0.25, -0.2) is 0 Å². The fourth-order valence-corrected chi connectivity index (χ4v) is 3.37. The highest BCUT2D eigenvalue weighted by Crippen LogP contribution is 2.70. The maximum absolute atomic E-state index is 5.88. The van der Waals surface area contributed by atoms with Crippen molar-refractivity contribution < 1.29 is 4.74 Å². The van der Waals surface area contributed by atoms with Crippen molar-refractivity contribution in [1.82, 2.24) is 0 Å². The lowest BCUT2D eigenvalue weighted by Gasteiger charge is -2.13. The average Bonchev–Trinajstić information content (AvgIpc) is 2.36. The minimum atomic E-state index is 0.410. The van der Waals surface area contributed by atoms with E-state index in [0.717, 1.165) is 5.92 Å². The average molecular weight is 138 g/mol. The Morgan fingerprint density at radius 1 is 1.30 bits per heavy atom. The first kappa shape index (κ1) is 5.59. The summed E-state index contributed by atoms with van der Waals surface area (Å²) in [6.07, 6.45) is 6.91. The van der Waals surface area contributed by atoms with Crippen LogP contribution in [0.4, 0.5) is 0 Å². The van der Waals surface area contributed by atoms with Crippen LogP contribution in [0.2, 0.25) is 0 Å². The number of hydrogen-bond donors (Lipinski definition) is 0. The Kier molecular flexibility index (Phi) is 0.722. The highest BCUT2D eigenvalue weighted by molar-refractivity contribution is 5.25. The van der Waals surface area contributed by atoms with E-state index in [9.17, 15) is 0 Å². The minimum Gasteiger partial charge on any atom is -0.362 e. The summed E-state index contributed by atoms with van der Waals surface area (Å²) < 4.78 is 5.88. The molecular weight excluding hydrogens is 124 g/mol. The molecule has 0 N–H and O–H groups in total. The van der Waals surface area contributed by atoms with E-state index in [-0.39, 0.29) is 0 Å². The van der Waals surface area contributed by atoms with Gasteiger partial charge in [0.1, 0.15) is 5.60 Å². The van der Waals surface area contributed by atoms with E-state index >= 15 is 0 Å². The van der Waals surface area contributed by atoms with Crippen LogP contribution in [0, 0.1) is 5.92 Å². The zero-order chi connectivity index (χ0) is 6.82. The standard InChI is InChI=1S/C9H14O/c1-7-3-6-8-4-2-5-9(7,8)10-8/h7H,2-6H2,1H3. The molecule has 0 amide bonds. The molecule has 1 heterocycles. The number of ether oxygens (including phenoxy) is 1. The fourth-order valence-electron chi connectivity index (χ4n) is 3.37. The lowest BCUT2D eigenvalue weighted by molar-refractivity contribution is 0.140. The molecule has 3 rings (SSSR count). The first-order chi connectivity index (χ1) is 4.79. The molecular formula is C9H14O. The molecule has 3 fully saturated rings. The second-order valence-corrected chi connectivity index (χ2v) is 4.28. The van der Waals surface area contributed by atoms with E-state index in [1.54, 1.807) is 0 Å². The Balaban J connectivity index is 2.04. The number of rotatable bonds is 0. The van der Waals surface area contributed by atoms with E-state index in [2.05, 4.69) is 6.92 Å². The maximum atomic E-state index is 5.88. The zero-order valence-electron chi connectivity index (χ0n) is 6.52. The maximum Gasteiger partial charge on any atom is 0.100 e. The van der Waals surface area contributed by atoms with Crippen LogP contribution < -0.4 is 0 Å². The minimum absolute atomic E-state index is 0.410. The topological polar surface area (TPSA) is 12.5 Å². The van der Waals surface area contributed by atoms with Crippen molar-refractivity contribution in [2.24, 2.45) is 5.92 Å². The quantitative estimate of drug-likeness (QED) is 0.467. The van der Waals surface area contributed by atoms with Crippen molar-refractivity contribution >= 4 is 0 Å². The molecule has 0 spiro atoms. The van der Waals surface area contributed by atoms with Crippen molar-refractivity contribution in [2.45, 2.75) is 50.2 Å². The number of hydrogen-bond acceptors (Lipinski definition) is 1. The predicted molar refractivity (Wildman–Crippen MR) is 38.8 cm³/mol. The summed E-state index contributed by atoms with van der Waals surface area (Å²) in [4.78, 5) is 0. The summed E-state index contributed by atoms with van der Waals surface area (Å²) in [6.45, 7) is 2.36. The summed E-state index contributed by atoms with van der Waals surface area (Å²) in [5.41, 5.74) is 0.833. The molecule has 56 valence electrons. The predicted octanol–water partition coefficient (Wildman–Crippen LogP) is 2.11. The summed E-state index contributed by atoms with van der Waals surface area (Å²) >= 11 is 0. The van der Waals surface area contributed by atoms with Gasteiger partial charge in [-0.3, -0.25) is 0 Å². The van der Waals surface area contributed by atoms with E-state index in [1.807, 2.05) is 0 Å². The molecule has 0 aromatic carbocycles. The first-order valence-corrected chi connectivity index (χ1v) is 4.49. The van der Waals surface area contributed by atoms with Crippen LogP contribution >= 0.6 is 0 Å². The van der Waals surface area contributed by atoms with Crippen LogP contribution in [-0.4, -0.2) is 11.2 Å². The molecule has 0 aromatic rings. The van der Waals surface area contributed by atoms with Crippen molar-refractivity contribution in [2.75, 3.05) is 0 Å². The Morgan fingerprint density at radius 2 is 2.20 bits per heavy atom. The Morgan fingerprint density at radius 3 is 2.90 bits per heavy atom. The lowest BCUT2D eigenvalue weighted by atomic mass is 9.93. The van der Waals surface area contributed by atoms with Crippen LogP contribution in [0.5, 0.6) is 0 Å². The second kappa shape index (κ2) is 1.29. The second-order valence-electron chi connectivity index (χ2n) is 4.28. The third kappa shape index (κ3) is 0.355. The van der Waals surface area contributed by atoms with Gasteiger partial charge in [0.15, 0.2) is 0 Å². The molecule has 0 aromatic heterocycles. The first-order valence-electron chi connectivity index (χ1n) is 4.49. The third-order valence-corrected chi connectivity index (χ3v) is 4.01. The van der Waals surface area contributed by atoms with Gasteiger partial charge in [0, 0.05) is 0 Å². The van der Waals surface area contributed by atoms with Gasteiger partial charge in [0.05, 0.1) is 5.60 Å². The highest BCUT2D eigenvalue weighted by atomic mass is 16.6. The van der Waals surface area contributed by atoms with Crippen molar-refractivity contribution in [1.29, 1.82) is 0 Å². The third-order valence-electron chi connectivity index (χ3n) is 4.01. The Hall–Kier alpha value is -0.0400. The molecule has 3 aliphatic rings. The fraction of sp³-hybridized carbons (Fsp3) is 1.00. The summed E-state index contributed by atoms with van der Waals surface area (Å²) in [5.74, 6) is 0.856. The highest BCUT2D eigenvalue weighted by Gasteiger charge is 2.76. The molecule has 1 saturated heterocycles. The molecule has 2 aliphatic carbocycles. The van der Waals surface area contributed by atoms with Gasteiger partial charge >= 0.3 is 0 Å². The molecule has 0 bridgehead atoms. The van der Waals surface area contributed by atoms with Crippen molar-refractivity contribution in [3.63, 3.8) is 0 Å². The van der Waals surface area contributed by atoms with Crippen LogP contribution in [0.15, 0.2) is 0 Å². The normalized spacial score (nSPS) is 63.9. The molecule has 0 radical (unpaired) electrons. The van der Waals surface area contributed by atoms with Gasteiger partial charge in [0.25, 0.3) is 0 Å². The van der Waals surface area contributed by atoms with Gasteiger partial charge in [-0.1, -0.05) is 6.92 Å². The molecule has 1 heteroatoms. The zero-order valence-corrected chi connectivity index (χ0v) is 6.52. The van der Waals surface area contributed by atoms with Crippen molar-refractivity contribution in [3.05, 3.63) is 0 Å². The van der Waals surface area contributed by atoms with E-state index in [0.29, 0.717) is 11.2 Å². The van der Waals surface area contributed by atoms with E-state index in [1.165, 1.54) is 32.1 Å². The molecule has 1 nitrogen and oxygen atoms in total. The Labute approximate surface area is 61.8 Å². The molecule has 2 saturated carbocycles. The largest absolute Gasteiger partial charge is 0.362 e. The van der Waals surface area contributed by atoms with Gasteiger partial charge in [-0.15, -0.1) is 0 Å². The van der Waals surface area contributed by atoms with Gasteiger partial charge in [-0.05, 0) is 38.0 Å². The van der Waals surface area contributed by atoms with Crippen LogP contribution in [0.1, 0.15) is 39.0 Å². The molecule has 10 heavy (non-hydrogen) atoms. The van der Waals surface area contributed by atoms with Crippen LogP contribution in [0.25, 0.3) is 0 Å². The monoisotopic (exact) mass is 138 g/mol. The molecule has 1 aliphatic heterocycles.